The second-order valence-corrected chi connectivity index (χ2v) is 42.9. The number of methoxy groups -OCH3 is 1. The molecule has 0 atom stereocenters. The van der Waals surface area contributed by atoms with Crippen LogP contribution in [0.1, 0.15) is 194 Å². The van der Waals surface area contributed by atoms with Crippen LogP contribution in [0, 0.1) is 16.5 Å². The Hall–Kier alpha value is -13.8. The zero-order chi connectivity index (χ0) is 97.1. The Labute approximate surface area is 786 Å². The van der Waals surface area contributed by atoms with E-state index in [1.807, 2.05) is 89.2 Å². The molecule has 133 heavy (non-hydrogen) atoms. The second-order valence-electron chi connectivity index (χ2n) is 34.6. The topological polar surface area (TPSA) is 420 Å². The molecule has 16 rings (SSSR count). The van der Waals surface area contributed by atoms with Crippen LogP contribution in [0.4, 0.5) is 45.5 Å². The maximum atomic E-state index is 13.3. The van der Waals surface area contributed by atoms with Gasteiger partial charge < -0.3 is 9.94 Å². The van der Waals surface area contributed by atoms with E-state index >= 15 is 0 Å². The number of benzene rings is 9. The standard InChI is InChI=1S/C25H20ClN3O4S.C24H22ClN3O5S.C23H20ClN3O5S.C23H20ClN3O4S/c1-25(2,3)16-7-9-18(10-8-16)34(32,33)28-20-12-11-19(26)21-22(20)24(31)29(23(21)30)17-6-4-5-15(13-17)14-27;1-24(2,3)14-5-7-17(8-6-14)34(31,32)27-19-10-9-18(25)20-21(19)23(30)28(22(20)29)15-11-16(33-4)13-26-12-15;1-23(2,3)14-6-8-16(9-7-14)33(31,32)25-18-11-10-17(24)19-20(18)22(29)27(21(19)28)15-5-4-12-26(30)13-15;1-23(2,3)14-6-8-16(9-7-14)32(30,31)26-18-11-10-17(24)19-20(18)22(29)27(21(19)28)15-5-4-12-25-13-15/h4-13,28H,1-3H3;5-13,27H,1-4H3;4-13,25H,1-3H3;4-13,26H,1-3H3. The number of ether oxygens (including phenoxy) is 1. The summed E-state index contributed by atoms with van der Waals surface area (Å²) >= 11 is 24.9. The van der Waals surface area contributed by atoms with Crippen LogP contribution in [0.15, 0.2) is 257 Å². The Bertz CT molecular complexity index is 7370. The van der Waals surface area contributed by atoms with E-state index in [1.165, 1.54) is 165 Å². The van der Waals surface area contributed by atoms with E-state index in [2.05, 4.69) is 28.9 Å². The smallest absolute Gasteiger partial charge is 0.268 e. The lowest BCUT2D eigenvalue weighted by molar-refractivity contribution is -0.604. The molecular weight excluding hydrogens is 1870 g/mol. The number of hydrogen-bond donors (Lipinski definition) is 4. The average Bonchev–Trinajstić information content (AvgIpc) is 1.61. The molecule has 8 amide bonds. The van der Waals surface area contributed by atoms with Crippen molar-refractivity contribution in [3.8, 4) is 11.8 Å². The van der Waals surface area contributed by atoms with E-state index in [-0.39, 0.29) is 157 Å². The minimum absolute atomic E-state index is 0.00304. The molecule has 0 fully saturated rings. The van der Waals surface area contributed by atoms with Crippen LogP contribution < -0.4 is 48.0 Å². The van der Waals surface area contributed by atoms with Gasteiger partial charge in [-0.2, -0.15) is 9.99 Å². The quantitative estimate of drug-likeness (QED) is 0.0374. The Morgan fingerprint density at radius 3 is 0.925 bits per heavy atom. The molecule has 682 valence electrons. The van der Waals surface area contributed by atoms with Gasteiger partial charge in [0.1, 0.15) is 11.4 Å². The first-order chi connectivity index (χ1) is 62.3. The molecule has 12 aromatic rings. The number of aromatic nitrogens is 3. The van der Waals surface area contributed by atoms with Crippen LogP contribution in [0.3, 0.4) is 0 Å². The van der Waals surface area contributed by atoms with Crippen LogP contribution in [0.5, 0.6) is 5.75 Å². The van der Waals surface area contributed by atoms with E-state index in [0.717, 1.165) is 48.1 Å². The summed E-state index contributed by atoms with van der Waals surface area (Å²) in [7, 11) is -14.8. The van der Waals surface area contributed by atoms with Gasteiger partial charge in [-0.25, -0.2) is 53.3 Å². The summed E-state index contributed by atoms with van der Waals surface area (Å²) < 4.78 is 120. The van der Waals surface area contributed by atoms with Crippen molar-refractivity contribution in [3.05, 3.63) is 335 Å². The summed E-state index contributed by atoms with van der Waals surface area (Å²) in [4.78, 5) is 117. The Kier molecular flexibility index (Phi) is 26.8. The van der Waals surface area contributed by atoms with Crippen LogP contribution in [-0.4, -0.2) is 98.0 Å². The molecule has 4 aliphatic heterocycles. The normalized spacial score (nSPS) is 13.8. The summed E-state index contributed by atoms with van der Waals surface area (Å²) in [5, 5.41) is 20.9. The number of imide groups is 4. The predicted molar refractivity (Wildman–Crippen MR) is 506 cm³/mol. The number of nitriles is 1. The van der Waals surface area contributed by atoms with Crippen molar-refractivity contribution in [3.63, 3.8) is 0 Å². The van der Waals surface area contributed by atoms with Gasteiger partial charge in [0.2, 0.25) is 6.20 Å². The van der Waals surface area contributed by atoms with E-state index < -0.39 is 87.4 Å². The summed E-state index contributed by atoms with van der Waals surface area (Å²) in [6.07, 6.45) is 7.92. The zero-order valence-corrected chi connectivity index (χ0v) is 79.4. The number of hydrogen-bond acceptors (Lipinski definition) is 21. The molecule has 3 aromatic heterocycles. The van der Waals surface area contributed by atoms with Gasteiger partial charge in [0.05, 0.1) is 161 Å². The van der Waals surface area contributed by atoms with E-state index in [0.29, 0.717) is 10.5 Å². The molecule has 0 spiro atoms. The van der Waals surface area contributed by atoms with Crippen LogP contribution >= 0.6 is 46.4 Å². The predicted octanol–water partition coefficient (Wildman–Crippen LogP) is 18.3. The molecule has 38 heteroatoms. The molecule has 0 saturated carbocycles. The number of carbonyl (C=O) groups excluding carboxylic acids is 8. The number of nitrogens with zero attached hydrogens (tertiary/aromatic N) is 8. The van der Waals surface area contributed by atoms with Gasteiger partial charge in [-0.15, -0.1) is 0 Å². The molecule has 0 bridgehead atoms. The molecule has 9 aromatic carbocycles. The van der Waals surface area contributed by atoms with Gasteiger partial charge in [-0.1, -0.05) is 184 Å². The van der Waals surface area contributed by atoms with Gasteiger partial charge in [0.25, 0.3) is 87.4 Å². The van der Waals surface area contributed by atoms with E-state index in [9.17, 15) is 77.2 Å². The molecule has 0 saturated heterocycles. The summed E-state index contributed by atoms with van der Waals surface area (Å²) in [6.45, 7) is 24.3. The molecule has 0 radical (unpaired) electrons. The Balaban J connectivity index is 0.000000151. The van der Waals surface area contributed by atoms with Gasteiger partial charge in [0, 0.05) is 18.3 Å². The number of carbonyl (C=O) groups is 8. The number of sulfonamides is 4. The lowest BCUT2D eigenvalue weighted by Gasteiger charge is -2.19. The van der Waals surface area contributed by atoms with Crippen LogP contribution in [-0.2, 0) is 61.8 Å². The third-order valence-corrected chi connectivity index (χ3v) is 28.2. The average molecular weight is 1950 g/mol. The maximum absolute atomic E-state index is 13.3. The lowest BCUT2D eigenvalue weighted by atomic mass is 9.87. The van der Waals surface area contributed by atoms with Crippen molar-refractivity contribution in [2.24, 2.45) is 0 Å². The first-order valence-electron chi connectivity index (χ1n) is 40.2. The third kappa shape index (κ3) is 19.8. The van der Waals surface area contributed by atoms with E-state index in [4.69, 9.17) is 56.4 Å². The lowest BCUT2D eigenvalue weighted by Crippen LogP contribution is -2.33. The minimum atomic E-state index is -4.07. The van der Waals surface area contributed by atoms with E-state index in [1.54, 1.807) is 72.8 Å². The fourth-order valence-corrected chi connectivity index (χ4v) is 19.6. The molecule has 4 aliphatic rings. The van der Waals surface area contributed by atoms with Crippen molar-refractivity contribution in [2.75, 3.05) is 45.6 Å². The highest BCUT2D eigenvalue weighted by Crippen LogP contribution is 2.44. The van der Waals surface area contributed by atoms with Crippen LogP contribution in [0.25, 0.3) is 0 Å². The van der Waals surface area contributed by atoms with Crippen molar-refractivity contribution in [2.45, 2.75) is 124 Å². The van der Waals surface area contributed by atoms with Gasteiger partial charge in [-0.3, -0.25) is 67.2 Å². The Morgan fingerprint density at radius 1 is 0.346 bits per heavy atom. The Morgan fingerprint density at radius 2 is 0.632 bits per heavy atom. The highest BCUT2D eigenvalue weighted by atomic mass is 35.5. The number of halogens is 4. The number of amides is 8. The highest BCUT2D eigenvalue weighted by molar-refractivity contribution is 7.93. The minimum Gasteiger partial charge on any atom is -0.619 e. The van der Waals surface area contributed by atoms with Crippen molar-refractivity contribution in [1.82, 2.24) is 9.97 Å². The number of fused-ring (bicyclic) bond motifs is 4. The molecule has 0 unspecified atom stereocenters. The number of rotatable bonds is 17. The van der Waals surface area contributed by atoms with Gasteiger partial charge in [-0.05, 0) is 177 Å². The van der Waals surface area contributed by atoms with Crippen molar-refractivity contribution < 1.29 is 81.5 Å². The van der Waals surface area contributed by atoms with Crippen molar-refractivity contribution in [1.29, 1.82) is 5.26 Å². The summed E-state index contributed by atoms with van der Waals surface area (Å²) in [6, 6.07) is 52.1. The number of nitrogens with one attached hydrogen (secondary N) is 4. The summed E-state index contributed by atoms with van der Waals surface area (Å²) in [5.41, 5.74) is 3.13. The van der Waals surface area contributed by atoms with Gasteiger partial charge in [0.15, 0.2) is 6.20 Å². The molecular formula is C95H82Cl4N12O18S4. The number of pyridine rings is 3. The third-order valence-electron chi connectivity index (χ3n) is 21.4. The first-order valence-corrected chi connectivity index (χ1v) is 47.7. The fraction of sp³-hybridized carbons (Fsp3) is 0.179. The zero-order valence-electron chi connectivity index (χ0n) is 73.1. The molecule has 4 N–H and O–H groups in total. The molecule has 0 aliphatic carbocycles. The molecule has 30 nitrogen and oxygen atoms in total. The van der Waals surface area contributed by atoms with Crippen LogP contribution in [0.2, 0.25) is 20.1 Å². The monoisotopic (exact) mass is 1950 g/mol. The highest BCUT2D eigenvalue weighted by Gasteiger charge is 2.47. The molecule has 7 heterocycles. The maximum Gasteiger partial charge on any atom is 0.268 e. The fourth-order valence-electron chi connectivity index (χ4n) is 14.3. The number of anilines is 8. The first kappa shape index (κ1) is 96.8. The van der Waals surface area contributed by atoms with Gasteiger partial charge >= 0.3 is 0 Å². The van der Waals surface area contributed by atoms with Crippen molar-refractivity contribution >= 4 is 179 Å². The largest absolute Gasteiger partial charge is 0.619 e. The SMILES string of the molecule is CC(C)(C)c1ccc(S(=O)(=O)Nc2ccc(Cl)c3c2C(=O)N(c2ccc[n+]([O-])c2)C3=O)cc1.CC(C)(C)c1ccc(S(=O)(=O)Nc2ccc(Cl)c3c2C(=O)N(c2cccc(C#N)c2)C3=O)cc1.CC(C)(C)c1ccc(S(=O)(=O)Nc2ccc(Cl)c3c2C(=O)N(c2cccnc2)C3=O)cc1.COc1cncc(N2C(=O)c3c(Cl)ccc(NS(=O)(=O)c4ccc(C(C)(C)C)cc4)c3C2=O)c1. The second kappa shape index (κ2) is 36.8. The summed E-state index contributed by atoms with van der Waals surface area (Å²) in [5.74, 6) is -5.35.